The molecule has 0 aliphatic carbocycles. The van der Waals surface area contributed by atoms with Crippen LogP contribution in [-0.4, -0.2) is 11.1 Å². The van der Waals surface area contributed by atoms with E-state index in [4.69, 9.17) is 0 Å². The summed E-state index contributed by atoms with van der Waals surface area (Å²) in [5, 5.41) is 8.56. The first kappa shape index (κ1) is 12.6. The van der Waals surface area contributed by atoms with E-state index in [0.29, 0.717) is 0 Å². The van der Waals surface area contributed by atoms with Crippen LogP contribution in [0.5, 0.6) is 0 Å². The van der Waals surface area contributed by atoms with Crippen molar-refractivity contribution in [2.75, 3.05) is 0 Å². The second-order valence-corrected chi connectivity index (χ2v) is 4.88. The molecule has 1 atom stereocenters. The Bertz CT molecular complexity index is 525. The van der Waals surface area contributed by atoms with Gasteiger partial charge in [0.25, 0.3) is 0 Å². The lowest BCUT2D eigenvalue weighted by molar-refractivity contribution is -0.136. The van der Waals surface area contributed by atoms with Gasteiger partial charge >= 0.3 is 5.97 Å². The molecule has 92 valence electrons. The minimum Gasteiger partial charge on any atom is -0.480 e. The third-order valence-corrected chi connectivity index (χ3v) is 3.65. The van der Waals surface area contributed by atoms with E-state index in [1.807, 2.05) is 6.07 Å². The summed E-state index contributed by atoms with van der Waals surface area (Å²) < 4.78 is 12.8. The van der Waals surface area contributed by atoms with Crippen molar-refractivity contribution < 1.29 is 14.3 Å². The molecule has 2 aromatic rings. The monoisotopic (exact) mass is 262 g/mol. The van der Waals surface area contributed by atoms with Crippen LogP contribution in [0.15, 0.2) is 59.5 Å². The molecule has 1 N–H and O–H groups in total. The Morgan fingerprint density at radius 3 is 2.22 bits per heavy atom. The summed E-state index contributed by atoms with van der Waals surface area (Å²) in [6.07, 6.45) is 0. The summed E-state index contributed by atoms with van der Waals surface area (Å²) in [4.78, 5) is 12.0. The molecular formula is C14H11FO2S. The largest absolute Gasteiger partial charge is 0.480 e. The molecule has 0 fully saturated rings. The lowest BCUT2D eigenvalue weighted by Gasteiger charge is -2.12. The van der Waals surface area contributed by atoms with Crippen molar-refractivity contribution in [3.63, 3.8) is 0 Å². The van der Waals surface area contributed by atoms with Gasteiger partial charge in [-0.25, -0.2) is 4.39 Å². The Morgan fingerprint density at radius 1 is 1.06 bits per heavy atom. The molecular weight excluding hydrogens is 251 g/mol. The summed E-state index contributed by atoms with van der Waals surface area (Å²) in [7, 11) is 0. The number of carbonyl (C=O) groups is 1. The average Bonchev–Trinajstić information content (AvgIpc) is 2.38. The van der Waals surface area contributed by atoms with Crippen molar-refractivity contribution in [1.82, 2.24) is 0 Å². The molecule has 18 heavy (non-hydrogen) atoms. The molecule has 0 saturated heterocycles. The van der Waals surface area contributed by atoms with Gasteiger partial charge < -0.3 is 5.11 Å². The Kier molecular flexibility index (Phi) is 3.99. The second kappa shape index (κ2) is 5.69. The third-order valence-electron chi connectivity index (χ3n) is 2.39. The van der Waals surface area contributed by atoms with Gasteiger partial charge in [0.1, 0.15) is 11.1 Å². The molecule has 0 radical (unpaired) electrons. The topological polar surface area (TPSA) is 37.3 Å². The van der Waals surface area contributed by atoms with E-state index in [1.165, 1.54) is 23.9 Å². The number of hydrogen-bond donors (Lipinski definition) is 1. The van der Waals surface area contributed by atoms with Crippen LogP contribution in [0.3, 0.4) is 0 Å². The zero-order valence-electron chi connectivity index (χ0n) is 9.42. The molecule has 4 heteroatoms. The average molecular weight is 262 g/mol. The number of aliphatic carboxylic acids is 1. The zero-order chi connectivity index (χ0) is 13.0. The maximum absolute atomic E-state index is 12.8. The van der Waals surface area contributed by atoms with Gasteiger partial charge in [-0.1, -0.05) is 30.3 Å². The fourth-order valence-corrected chi connectivity index (χ4v) is 2.50. The Hall–Kier alpha value is -1.81. The molecule has 0 bridgehead atoms. The summed E-state index contributed by atoms with van der Waals surface area (Å²) >= 11 is 1.19. The Balaban J connectivity index is 2.22. The minimum atomic E-state index is -0.907. The molecule has 0 unspecified atom stereocenters. The van der Waals surface area contributed by atoms with Crippen molar-refractivity contribution in [1.29, 1.82) is 0 Å². The van der Waals surface area contributed by atoms with Crippen LogP contribution < -0.4 is 0 Å². The lowest BCUT2D eigenvalue weighted by atomic mass is 10.1. The van der Waals surface area contributed by atoms with E-state index in [2.05, 4.69) is 0 Å². The molecule has 0 aromatic heterocycles. The summed E-state index contributed by atoms with van der Waals surface area (Å²) in [5.41, 5.74) is 0.722. The van der Waals surface area contributed by atoms with E-state index in [-0.39, 0.29) is 5.82 Å². The maximum Gasteiger partial charge on any atom is 0.321 e. The van der Waals surface area contributed by atoms with Gasteiger partial charge in [0, 0.05) is 4.90 Å². The number of carboxylic acid groups (broad SMARTS) is 1. The number of carboxylic acids is 1. The van der Waals surface area contributed by atoms with E-state index in [9.17, 15) is 14.3 Å². The molecule has 0 saturated carbocycles. The van der Waals surface area contributed by atoms with Crippen LogP contribution >= 0.6 is 11.8 Å². The number of rotatable bonds is 4. The SMILES string of the molecule is O=C(O)[C@H](Sc1ccc(F)cc1)c1ccccc1. The zero-order valence-corrected chi connectivity index (χ0v) is 10.2. The first-order chi connectivity index (χ1) is 8.66. The summed E-state index contributed by atoms with van der Waals surface area (Å²) in [6, 6.07) is 14.8. The molecule has 0 aliphatic rings. The third kappa shape index (κ3) is 3.11. The van der Waals surface area contributed by atoms with Crippen LogP contribution in [0.4, 0.5) is 4.39 Å². The predicted molar refractivity (Wildman–Crippen MR) is 69.1 cm³/mol. The summed E-state index contributed by atoms with van der Waals surface area (Å²) in [5.74, 6) is -1.23. The molecule has 2 rings (SSSR count). The Morgan fingerprint density at radius 2 is 1.67 bits per heavy atom. The van der Waals surface area contributed by atoms with Gasteiger partial charge in [0.05, 0.1) is 0 Å². The minimum absolute atomic E-state index is 0.328. The molecule has 0 spiro atoms. The van der Waals surface area contributed by atoms with Crippen molar-refractivity contribution in [3.05, 3.63) is 66.0 Å². The van der Waals surface area contributed by atoms with E-state index >= 15 is 0 Å². The molecule has 0 amide bonds. The number of benzene rings is 2. The Labute approximate surface area is 108 Å². The number of halogens is 1. The first-order valence-corrected chi connectivity index (χ1v) is 6.25. The molecule has 2 aromatic carbocycles. The van der Waals surface area contributed by atoms with Crippen LogP contribution in [0.2, 0.25) is 0 Å². The smallest absolute Gasteiger partial charge is 0.321 e. The highest BCUT2D eigenvalue weighted by Gasteiger charge is 2.20. The van der Waals surface area contributed by atoms with Gasteiger partial charge in [0.15, 0.2) is 0 Å². The van der Waals surface area contributed by atoms with Crippen molar-refractivity contribution in [2.45, 2.75) is 10.1 Å². The fraction of sp³-hybridized carbons (Fsp3) is 0.0714. The normalized spacial score (nSPS) is 12.1. The quantitative estimate of drug-likeness (QED) is 0.853. The molecule has 2 nitrogen and oxygen atoms in total. The molecule has 0 aliphatic heterocycles. The van der Waals surface area contributed by atoms with Crippen molar-refractivity contribution in [2.24, 2.45) is 0 Å². The fourth-order valence-electron chi connectivity index (χ4n) is 1.54. The van der Waals surface area contributed by atoms with E-state index < -0.39 is 11.2 Å². The maximum atomic E-state index is 12.8. The van der Waals surface area contributed by atoms with Crippen LogP contribution in [0.25, 0.3) is 0 Å². The second-order valence-electron chi connectivity index (χ2n) is 3.70. The van der Waals surface area contributed by atoms with Crippen molar-refractivity contribution in [3.8, 4) is 0 Å². The van der Waals surface area contributed by atoms with Gasteiger partial charge in [-0.05, 0) is 29.8 Å². The van der Waals surface area contributed by atoms with E-state index in [1.54, 1.807) is 36.4 Å². The van der Waals surface area contributed by atoms with Gasteiger partial charge in [-0.15, -0.1) is 11.8 Å². The number of thioether (sulfide) groups is 1. The van der Waals surface area contributed by atoms with Gasteiger partial charge in [-0.3, -0.25) is 4.79 Å². The number of hydrogen-bond acceptors (Lipinski definition) is 2. The van der Waals surface area contributed by atoms with Crippen molar-refractivity contribution >= 4 is 17.7 Å². The highest BCUT2D eigenvalue weighted by Crippen LogP contribution is 2.35. The standard InChI is InChI=1S/C14H11FO2S/c15-11-6-8-12(9-7-11)18-13(14(16)17)10-4-2-1-3-5-10/h1-9,13H,(H,16,17)/t13-/m1/s1. The first-order valence-electron chi connectivity index (χ1n) is 5.37. The van der Waals surface area contributed by atoms with Crippen LogP contribution in [0.1, 0.15) is 10.8 Å². The predicted octanol–water partition coefficient (Wildman–Crippen LogP) is 3.74. The van der Waals surface area contributed by atoms with E-state index in [0.717, 1.165) is 10.5 Å². The van der Waals surface area contributed by atoms with Crippen LogP contribution in [0, 0.1) is 5.82 Å². The van der Waals surface area contributed by atoms with Gasteiger partial charge in [0.2, 0.25) is 0 Å². The molecule has 0 heterocycles. The highest BCUT2D eigenvalue weighted by molar-refractivity contribution is 8.00. The van der Waals surface area contributed by atoms with Gasteiger partial charge in [-0.2, -0.15) is 0 Å². The summed E-state index contributed by atoms with van der Waals surface area (Å²) in [6.45, 7) is 0. The highest BCUT2D eigenvalue weighted by atomic mass is 32.2. The van der Waals surface area contributed by atoms with Crippen LogP contribution in [-0.2, 0) is 4.79 Å². The lowest BCUT2D eigenvalue weighted by Crippen LogP contribution is -2.07.